The highest BCUT2D eigenvalue weighted by Crippen LogP contribution is 2.33. The summed E-state index contributed by atoms with van der Waals surface area (Å²) >= 11 is 0. The van der Waals surface area contributed by atoms with Crippen molar-refractivity contribution in [3.05, 3.63) is 0 Å². The first-order valence-corrected chi connectivity index (χ1v) is 6.70. The summed E-state index contributed by atoms with van der Waals surface area (Å²) in [6.07, 6.45) is -1.62. The first-order valence-electron chi connectivity index (χ1n) is 6.70. The number of amides is 2. The van der Waals surface area contributed by atoms with Crippen LogP contribution in [0.15, 0.2) is 0 Å². The molecule has 1 N–H and O–H groups in total. The van der Waals surface area contributed by atoms with Gasteiger partial charge in [-0.15, -0.1) is 0 Å². The maximum Gasteiger partial charge on any atom is 0.255 e. The Kier molecular flexibility index (Phi) is 4.53. The molecule has 2 amide bonds. The Bertz CT molecular complexity index is 370. The Hall–Kier alpha value is -1.20. The summed E-state index contributed by atoms with van der Waals surface area (Å²) < 4.78 is 25.5. The van der Waals surface area contributed by atoms with Crippen LogP contribution in [-0.2, 0) is 9.59 Å². The fraction of sp³-hybridized carbons (Fsp3) is 0.846. The van der Waals surface area contributed by atoms with E-state index in [0.717, 1.165) is 4.90 Å². The molecule has 1 aliphatic rings. The molecule has 1 atom stereocenters. The Balaban J connectivity index is 3.26. The zero-order chi connectivity index (χ0) is 14.8. The quantitative estimate of drug-likeness (QED) is 0.834. The predicted molar refractivity (Wildman–Crippen MR) is 67.9 cm³/mol. The second kappa shape index (κ2) is 5.43. The molecule has 0 aromatic heterocycles. The van der Waals surface area contributed by atoms with Gasteiger partial charge < -0.3 is 10.2 Å². The largest absolute Gasteiger partial charge is 0.340 e. The van der Waals surface area contributed by atoms with Crippen molar-refractivity contribution in [1.82, 2.24) is 10.2 Å². The third kappa shape index (κ3) is 2.44. The van der Waals surface area contributed by atoms with E-state index in [-0.39, 0.29) is 5.91 Å². The lowest BCUT2D eigenvalue weighted by Crippen LogP contribution is -2.75. The van der Waals surface area contributed by atoms with Crippen molar-refractivity contribution in [2.75, 3.05) is 6.54 Å². The summed E-state index contributed by atoms with van der Waals surface area (Å²) in [6, 6.07) is 0. The number of alkyl halides is 2. The van der Waals surface area contributed by atoms with Gasteiger partial charge >= 0.3 is 0 Å². The van der Waals surface area contributed by atoms with E-state index in [4.69, 9.17) is 0 Å². The van der Waals surface area contributed by atoms with Gasteiger partial charge in [0.15, 0.2) is 0 Å². The van der Waals surface area contributed by atoms with Crippen LogP contribution in [-0.4, -0.2) is 40.8 Å². The van der Waals surface area contributed by atoms with Gasteiger partial charge in [-0.2, -0.15) is 0 Å². The van der Waals surface area contributed by atoms with E-state index in [9.17, 15) is 18.4 Å². The van der Waals surface area contributed by atoms with Gasteiger partial charge in [0.1, 0.15) is 11.1 Å². The highest BCUT2D eigenvalue weighted by molar-refractivity contribution is 6.02. The third-order valence-electron chi connectivity index (χ3n) is 4.24. The van der Waals surface area contributed by atoms with Crippen LogP contribution in [0, 0.1) is 0 Å². The van der Waals surface area contributed by atoms with E-state index in [0.29, 0.717) is 19.3 Å². The second-order valence-corrected chi connectivity index (χ2v) is 5.19. The number of hydrogen-bond donors (Lipinski definition) is 1. The van der Waals surface area contributed by atoms with Crippen molar-refractivity contribution >= 4 is 11.8 Å². The van der Waals surface area contributed by atoms with Crippen molar-refractivity contribution in [1.29, 1.82) is 0 Å². The maximum absolute atomic E-state index is 12.8. The summed E-state index contributed by atoms with van der Waals surface area (Å²) in [4.78, 5) is 25.9. The number of halogens is 2. The molecule has 6 heteroatoms. The summed E-state index contributed by atoms with van der Waals surface area (Å²) in [5.74, 6) is -0.749. The minimum absolute atomic E-state index is 0.327. The topological polar surface area (TPSA) is 49.4 Å². The van der Waals surface area contributed by atoms with Crippen LogP contribution in [0.4, 0.5) is 8.78 Å². The van der Waals surface area contributed by atoms with E-state index in [1.807, 2.05) is 0 Å². The fourth-order valence-electron chi connectivity index (χ4n) is 2.62. The molecule has 1 rings (SSSR count). The minimum atomic E-state index is -2.64. The molecule has 19 heavy (non-hydrogen) atoms. The Labute approximate surface area is 112 Å². The van der Waals surface area contributed by atoms with Gasteiger partial charge in [-0.3, -0.25) is 9.59 Å². The van der Waals surface area contributed by atoms with E-state index in [1.54, 1.807) is 27.7 Å². The minimum Gasteiger partial charge on any atom is -0.340 e. The molecular formula is C13H22F2N2O2. The zero-order valence-electron chi connectivity index (χ0n) is 11.9. The molecule has 1 saturated heterocycles. The van der Waals surface area contributed by atoms with Crippen LogP contribution in [0.1, 0.15) is 47.0 Å². The Morgan fingerprint density at radius 1 is 1.16 bits per heavy atom. The molecule has 1 fully saturated rings. The highest BCUT2D eigenvalue weighted by Gasteiger charge is 2.54. The molecule has 0 aromatic rings. The number of carbonyl (C=O) groups excluding carboxylic acids is 2. The third-order valence-corrected chi connectivity index (χ3v) is 4.24. The molecule has 1 aliphatic heterocycles. The van der Waals surface area contributed by atoms with Crippen LogP contribution in [0.5, 0.6) is 0 Å². The van der Waals surface area contributed by atoms with Crippen molar-refractivity contribution in [3.63, 3.8) is 0 Å². The zero-order valence-corrected chi connectivity index (χ0v) is 11.9. The molecule has 4 nitrogen and oxygen atoms in total. The summed E-state index contributed by atoms with van der Waals surface area (Å²) in [5, 5.41) is 2.71. The summed E-state index contributed by atoms with van der Waals surface area (Å²) in [5.41, 5.74) is -2.23. The van der Waals surface area contributed by atoms with Crippen molar-refractivity contribution in [2.24, 2.45) is 0 Å². The number of rotatable bonds is 5. The SMILES string of the molecule is CCC1(C)NC(=O)C(CC)(CC)N(CC(F)F)C1=O. The lowest BCUT2D eigenvalue weighted by Gasteiger charge is -2.51. The first-order chi connectivity index (χ1) is 8.77. The van der Waals surface area contributed by atoms with Crippen LogP contribution in [0.3, 0.4) is 0 Å². The summed E-state index contributed by atoms with van der Waals surface area (Å²) in [6.45, 7) is 6.13. The molecule has 0 radical (unpaired) electrons. The molecule has 1 heterocycles. The van der Waals surface area contributed by atoms with Gasteiger partial charge in [-0.25, -0.2) is 8.78 Å². The fourth-order valence-corrected chi connectivity index (χ4v) is 2.62. The molecule has 0 spiro atoms. The number of nitrogens with one attached hydrogen (secondary N) is 1. The standard InChI is InChI=1S/C13H22F2N2O2/c1-5-12(4)11(19)17(8-9(14)15)13(6-2,7-3)10(18)16-12/h9H,5-8H2,1-4H3,(H,16,18). The van der Waals surface area contributed by atoms with Gasteiger partial charge in [0.25, 0.3) is 6.43 Å². The van der Waals surface area contributed by atoms with Gasteiger partial charge in [0.05, 0.1) is 6.54 Å². The van der Waals surface area contributed by atoms with Gasteiger partial charge in [-0.05, 0) is 26.2 Å². The van der Waals surface area contributed by atoms with E-state index in [2.05, 4.69) is 5.32 Å². The van der Waals surface area contributed by atoms with E-state index >= 15 is 0 Å². The number of hydrogen-bond acceptors (Lipinski definition) is 2. The predicted octanol–water partition coefficient (Wildman–Crippen LogP) is 1.94. The molecule has 0 saturated carbocycles. The van der Waals surface area contributed by atoms with Gasteiger partial charge in [0, 0.05) is 0 Å². The van der Waals surface area contributed by atoms with Crippen molar-refractivity contribution in [2.45, 2.75) is 64.5 Å². The number of nitrogens with zero attached hydrogens (tertiary/aromatic N) is 1. The van der Waals surface area contributed by atoms with Crippen LogP contribution in [0.2, 0.25) is 0 Å². The molecule has 0 aliphatic carbocycles. The Morgan fingerprint density at radius 3 is 2.05 bits per heavy atom. The van der Waals surface area contributed by atoms with Crippen LogP contribution < -0.4 is 5.32 Å². The van der Waals surface area contributed by atoms with Gasteiger partial charge in [0.2, 0.25) is 11.8 Å². The van der Waals surface area contributed by atoms with Crippen LogP contribution >= 0.6 is 0 Å². The number of carbonyl (C=O) groups is 2. The molecule has 0 aromatic carbocycles. The number of piperazine rings is 1. The monoisotopic (exact) mass is 276 g/mol. The molecule has 110 valence electrons. The normalized spacial score (nSPS) is 26.8. The highest BCUT2D eigenvalue weighted by atomic mass is 19.3. The smallest absolute Gasteiger partial charge is 0.255 e. The lowest BCUT2D eigenvalue weighted by molar-refractivity contribution is -0.166. The van der Waals surface area contributed by atoms with Gasteiger partial charge in [-0.1, -0.05) is 20.8 Å². The maximum atomic E-state index is 12.8. The average Bonchev–Trinajstić information content (AvgIpc) is 2.36. The Morgan fingerprint density at radius 2 is 1.68 bits per heavy atom. The van der Waals surface area contributed by atoms with Crippen molar-refractivity contribution in [3.8, 4) is 0 Å². The molecule has 0 bridgehead atoms. The lowest BCUT2D eigenvalue weighted by atomic mass is 9.81. The van der Waals surface area contributed by atoms with Crippen LogP contribution in [0.25, 0.3) is 0 Å². The molecule has 1 unspecified atom stereocenters. The van der Waals surface area contributed by atoms with E-state index < -0.39 is 30.0 Å². The first kappa shape index (κ1) is 15.9. The second-order valence-electron chi connectivity index (χ2n) is 5.19. The van der Waals surface area contributed by atoms with Crippen molar-refractivity contribution < 1.29 is 18.4 Å². The van der Waals surface area contributed by atoms with E-state index in [1.165, 1.54) is 0 Å². The average molecular weight is 276 g/mol. The summed E-state index contributed by atoms with van der Waals surface area (Å²) in [7, 11) is 0. The molecular weight excluding hydrogens is 254 g/mol.